The second-order valence-corrected chi connectivity index (χ2v) is 2.96. The Labute approximate surface area is 100 Å². The molecule has 0 aromatic carbocycles. The Balaban J connectivity index is 0.000000845. The highest BCUT2D eigenvalue weighted by Gasteiger charge is 2.11. The quantitative estimate of drug-likeness (QED) is 0.723. The van der Waals surface area contributed by atoms with Crippen molar-refractivity contribution in [1.29, 1.82) is 0 Å². The van der Waals surface area contributed by atoms with Gasteiger partial charge in [-0.2, -0.15) is 0 Å². The van der Waals surface area contributed by atoms with Crippen LogP contribution >= 0.6 is 36.4 Å². The van der Waals surface area contributed by atoms with Gasteiger partial charge in [-0.15, -0.1) is 24.8 Å². The van der Waals surface area contributed by atoms with E-state index in [2.05, 4.69) is 10.3 Å². The summed E-state index contributed by atoms with van der Waals surface area (Å²) in [6.07, 6.45) is 1.66. The van der Waals surface area contributed by atoms with Crippen LogP contribution in [-0.4, -0.2) is 18.1 Å². The second-order valence-electron chi connectivity index (χ2n) is 2.60. The number of nitrogens with zero attached hydrogens (tertiary/aromatic N) is 1. The zero-order valence-corrected chi connectivity index (χ0v) is 9.71. The molecule has 0 saturated heterocycles. The zero-order valence-electron chi connectivity index (χ0n) is 7.33. The van der Waals surface area contributed by atoms with Crippen LogP contribution < -0.4 is 10.1 Å². The molecular weight excluding hydrogens is 246 g/mol. The van der Waals surface area contributed by atoms with E-state index in [9.17, 15) is 0 Å². The molecule has 0 aliphatic carbocycles. The standard InChI is InChI=1S/C8H9ClN2O.2ClH/c9-8-6-5-10-3-4-12-7(6)1-2-11-8;;/h1-2,10H,3-5H2;2*1H. The van der Waals surface area contributed by atoms with E-state index in [1.807, 2.05) is 6.07 Å². The lowest BCUT2D eigenvalue weighted by atomic mass is 10.2. The Morgan fingerprint density at radius 1 is 1.43 bits per heavy atom. The fraction of sp³-hybridized carbons (Fsp3) is 0.375. The van der Waals surface area contributed by atoms with Crippen molar-refractivity contribution in [1.82, 2.24) is 10.3 Å². The summed E-state index contributed by atoms with van der Waals surface area (Å²) < 4.78 is 5.44. The van der Waals surface area contributed by atoms with Crippen LogP contribution in [0.3, 0.4) is 0 Å². The van der Waals surface area contributed by atoms with Gasteiger partial charge in [0.25, 0.3) is 0 Å². The van der Waals surface area contributed by atoms with Crippen molar-refractivity contribution in [2.24, 2.45) is 0 Å². The minimum Gasteiger partial charge on any atom is -0.492 e. The van der Waals surface area contributed by atoms with Gasteiger partial charge >= 0.3 is 0 Å². The number of hydrogen-bond donors (Lipinski definition) is 1. The van der Waals surface area contributed by atoms with E-state index in [0.717, 1.165) is 24.4 Å². The maximum atomic E-state index is 5.88. The molecule has 2 rings (SSSR count). The van der Waals surface area contributed by atoms with Crippen LogP contribution in [0.5, 0.6) is 5.75 Å². The number of rotatable bonds is 0. The van der Waals surface area contributed by atoms with Gasteiger partial charge in [-0.05, 0) is 6.07 Å². The molecule has 1 aromatic heterocycles. The van der Waals surface area contributed by atoms with Crippen LogP contribution in [-0.2, 0) is 6.54 Å². The summed E-state index contributed by atoms with van der Waals surface area (Å²) in [6.45, 7) is 2.28. The molecule has 80 valence electrons. The molecule has 0 unspecified atom stereocenters. The molecule has 0 fully saturated rings. The molecule has 0 radical (unpaired) electrons. The Morgan fingerprint density at radius 3 is 3.00 bits per heavy atom. The van der Waals surface area contributed by atoms with Crippen molar-refractivity contribution in [3.8, 4) is 5.75 Å². The minimum atomic E-state index is 0. The summed E-state index contributed by atoms with van der Waals surface area (Å²) in [5, 5.41) is 3.72. The van der Waals surface area contributed by atoms with Crippen LogP contribution in [0.25, 0.3) is 0 Å². The van der Waals surface area contributed by atoms with Crippen molar-refractivity contribution in [2.45, 2.75) is 6.54 Å². The maximum absolute atomic E-state index is 5.88. The first-order valence-corrected chi connectivity index (χ1v) is 4.22. The zero-order chi connectivity index (χ0) is 8.39. The fourth-order valence-electron chi connectivity index (χ4n) is 1.19. The number of ether oxygens (including phenoxy) is 1. The van der Waals surface area contributed by atoms with E-state index >= 15 is 0 Å². The molecule has 14 heavy (non-hydrogen) atoms. The Kier molecular flexibility index (Phi) is 6.20. The summed E-state index contributed by atoms with van der Waals surface area (Å²) in [7, 11) is 0. The highest BCUT2D eigenvalue weighted by atomic mass is 35.5. The maximum Gasteiger partial charge on any atom is 0.137 e. The SMILES string of the molecule is Cl.Cl.Clc1nccc2c1CNCCO2. The molecule has 1 N–H and O–H groups in total. The average molecular weight is 258 g/mol. The van der Waals surface area contributed by atoms with Crippen molar-refractivity contribution >= 4 is 36.4 Å². The van der Waals surface area contributed by atoms with Crippen LogP contribution in [0.4, 0.5) is 0 Å². The largest absolute Gasteiger partial charge is 0.492 e. The lowest BCUT2D eigenvalue weighted by Gasteiger charge is -2.05. The van der Waals surface area contributed by atoms with E-state index in [-0.39, 0.29) is 24.8 Å². The third-order valence-electron chi connectivity index (χ3n) is 1.80. The molecule has 0 atom stereocenters. The second kappa shape index (κ2) is 6.30. The van der Waals surface area contributed by atoms with Gasteiger partial charge in [-0.1, -0.05) is 11.6 Å². The van der Waals surface area contributed by atoms with Gasteiger partial charge < -0.3 is 10.1 Å². The van der Waals surface area contributed by atoms with Crippen molar-refractivity contribution in [2.75, 3.05) is 13.2 Å². The van der Waals surface area contributed by atoms with Crippen molar-refractivity contribution in [3.05, 3.63) is 23.0 Å². The topological polar surface area (TPSA) is 34.2 Å². The lowest BCUT2D eigenvalue weighted by Crippen LogP contribution is -2.16. The van der Waals surface area contributed by atoms with E-state index in [1.165, 1.54) is 0 Å². The predicted octanol–water partition coefficient (Wildman–Crippen LogP) is 2.06. The lowest BCUT2D eigenvalue weighted by molar-refractivity contribution is 0.325. The molecule has 2 heterocycles. The molecule has 1 aliphatic rings. The predicted molar refractivity (Wildman–Crippen MR) is 60.9 cm³/mol. The van der Waals surface area contributed by atoms with Crippen LogP contribution in [0.15, 0.2) is 12.3 Å². The van der Waals surface area contributed by atoms with Crippen LogP contribution in [0, 0.1) is 0 Å². The summed E-state index contributed by atoms with van der Waals surface area (Å²) in [5.41, 5.74) is 0.955. The monoisotopic (exact) mass is 256 g/mol. The van der Waals surface area contributed by atoms with Gasteiger partial charge in [0.2, 0.25) is 0 Å². The summed E-state index contributed by atoms with van der Waals surface area (Å²) in [6, 6.07) is 1.84. The minimum absolute atomic E-state index is 0. The normalized spacial score (nSPS) is 13.8. The first-order chi connectivity index (χ1) is 5.88. The molecule has 0 spiro atoms. The number of nitrogens with one attached hydrogen (secondary N) is 1. The van der Waals surface area contributed by atoms with Gasteiger partial charge in [0, 0.05) is 24.8 Å². The number of pyridine rings is 1. The Hall–Kier alpha value is -0.220. The smallest absolute Gasteiger partial charge is 0.137 e. The summed E-state index contributed by atoms with van der Waals surface area (Å²) in [4.78, 5) is 3.98. The molecule has 3 nitrogen and oxygen atoms in total. The average Bonchev–Trinajstić information content (AvgIpc) is 2.30. The van der Waals surface area contributed by atoms with E-state index in [0.29, 0.717) is 11.8 Å². The third kappa shape index (κ3) is 2.89. The number of aromatic nitrogens is 1. The number of fused-ring (bicyclic) bond motifs is 1. The number of halogens is 3. The van der Waals surface area contributed by atoms with Crippen LogP contribution in [0.1, 0.15) is 5.56 Å². The van der Waals surface area contributed by atoms with Gasteiger partial charge in [-0.3, -0.25) is 0 Å². The molecule has 6 heteroatoms. The highest BCUT2D eigenvalue weighted by molar-refractivity contribution is 6.30. The third-order valence-corrected chi connectivity index (χ3v) is 2.12. The molecule has 1 aromatic rings. The molecular formula is C8H11Cl3N2O. The van der Waals surface area contributed by atoms with Crippen molar-refractivity contribution in [3.63, 3.8) is 0 Å². The van der Waals surface area contributed by atoms with Crippen LogP contribution in [0.2, 0.25) is 5.15 Å². The Morgan fingerprint density at radius 2 is 2.21 bits per heavy atom. The molecule has 0 saturated carbocycles. The molecule has 0 bridgehead atoms. The number of hydrogen-bond acceptors (Lipinski definition) is 3. The first kappa shape index (κ1) is 13.8. The van der Waals surface area contributed by atoms with E-state index < -0.39 is 0 Å². The first-order valence-electron chi connectivity index (χ1n) is 3.85. The molecule has 0 amide bonds. The molecule has 1 aliphatic heterocycles. The fourth-order valence-corrected chi connectivity index (χ4v) is 1.41. The highest BCUT2D eigenvalue weighted by Crippen LogP contribution is 2.24. The Bertz CT molecular complexity index is 296. The summed E-state index contributed by atoms with van der Waals surface area (Å²) >= 11 is 5.88. The van der Waals surface area contributed by atoms with Gasteiger partial charge in [0.1, 0.15) is 17.5 Å². The van der Waals surface area contributed by atoms with Crippen molar-refractivity contribution < 1.29 is 4.74 Å². The van der Waals surface area contributed by atoms with Gasteiger partial charge in [-0.25, -0.2) is 4.98 Å². The summed E-state index contributed by atoms with van der Waals surface area (Å²) in [5.74, 6) is 0.847. The van der Waals surface area contributed by atoms with E-state index in [4.69, 9.17) is 16.3 Å². The van der Waals surface area contributed by atoms with Gasteiger partial charge in [0.15, 0.2) is 0 Å². The van der Waals surface area contributed by atoms with Gasteiger partial charge in [0.05, 0.1) is 0 Å². The van der Waals surface area contributed by atoms with E-state index in [1.54, 1.807) is 6.20 Å².